The Labute approximate surface area is 176 Å². The number of carbonyl (C=O) groups is 1. The summed E-state index contributed by atoms with van der Waals surface area (Å²) in [5.74, 6) is 0.0769. The number of aryl methyl sites for hydroxylation is 2. The van der Waals surface area contributed by atoms with E-state index >= 15 is 0 Å². The lowest BCUT2D eigenvalue weighted by atomic mass is 10.2. The minimum atomic E-state index is -3.71. The highest BCUT2D eigenvalue weighted by Crippen LogP contribution is 2.24. The standard InChI is InChI=1S/C20H25N5O4S/c1-14-19(16(3)29-23-14)30(27,28)25-9-5-8-24(10-11-25)15(2)20(26)22-18-7-4-6-17(12-18)13-21/h4,6-7,12,15H,5,8-11H2,1-3H3,(H,22,26). The van der Waals surface area contributed by atoms with Crippen molar-refractivity contribution in [3.63, 3.8) is 0 Å². The number of amides is 1. The van der Waals surface area contributed by atoms with Crippen LogP contribution in [0.15, 0.2) is 33.7 Å². The first kappa shape index (κ1) is 22.0. The minimum Gasteiger partial charge on any atom is -0.360 e. The smallest absolute Gasteiger partial charge is 0.248 e. The molecule has 1 atom stereocenters. The lowest BCUT2D eigenvalue weighted by molar-refractivity contribution is -0.120. The van der Waals surface area contributed by atoms with E-state index in [1.54, 1.807) is 45.0 Å². The van der Waals surface area contributed by atoms with Gasteiger partial charge in [0, 0.05) is 31.9 Å². The lowest BCUT2D eigenvalue weighted by Crippen LogP contribution is -2.44. The molecule has 1 aliphatic heterocycles. The highest BCUT2D eigenvalue weighted by Gasteiger charge is 2.33. The number of carbonyl (C=O) groups excluding carboxylic acids is 1. The summed E-state index contributed by atoms with van der Waals surface area (Å²) in [6.45, 7) is 6.65. The summed E-state index contributed by atoms with van der Waals surface area (Å²) in [6.07, 6.45) is 0.601. The summed E-state index contributed by atoms with van der Waals surface area (Å²) in [5, 5.41) is 15.6. The molecule has 10 heteroatoms. The maximum absolute atomic E-state index is 13.1. The molecule has 1 aromatic heterocycles. The van der Waals surface area contributed by atoms with Gasteiger partial charge in [-0.25, -0.2) is 8.42 Å². The molecular weight excluding hydrogens is 406 g/mol. The van der Waals surface area contributed by atoms with E-state index < -0.39 is 16.1 Å². The number of benzene rings is 1. The van der Waals surface area contributed by atoms with Crippen molar-refractivity contribution in [2.24, 2.45) is 0 Å². The maximum atomic E-state index is 13.1. The summed E-state index contributed by atoms with van der Waals surface area (Å²) in [7, 11) is -3.71. The summed E-state index contributed by atoms with van der Waals surface area (Å²) in [5.41, 5.74) is 1.37. The van der Waals surface area contributed by atoms with Gasteiger partial charge >= 0.3 is 0 Å². The van der Waals surface area contributed by atoms with Gasteiger partial charge in [0.05, 0.1) is 17.7 Å². The van der Waals surface area contributed by atoms with Gasteiger partial charge in [-0.1, -0.05) is 11.2 Å². The number of hydrogen-bond acceptors (Lipinski definition) is 7. The highest BCUT2D eigenvalue weighted by atomic mass is 32.2. The van der Waals surface area contributed by atoms with Crippen molar-refractivity contribution in [2.45, 2.75) is 38.1 Å². The van der Waals surface area contributed by atoms with Gasteiger partial charge in [-0.3, -0.25) is 9.69 Å². The molecule has 2 aromatic rings. The SMILES string of the molecule is Cc1noc(C)c1S(=O)(=O)N1CCCN(C(C)C(=O)Nc2cccc(C#N)c2)CC1. The largest absolute Gasteiger partial charge is 0.360 e. The molecule has 0 spiro atoms. The number of aromatic nitrogens is 1. The molecule has 1 aliphatic rings. The summed E-state index contributed by atoms with van der Waals surface area (Å²) in [4.78, 5) is 14.8. The second kappa shape index (κ2) is 8.95. The van der Waals surface area contributed by atoms with E-state index in [2.05, 4.69) is 10.5 Å². The molecule has 1 fully saturated rings. The Morgan fingerprint density at radius 2 is 2.03 bits per heavy atom. The summed E-state index contributed by atoms with van der Waals surface area (Å²) in [6, 6.07) is 8.32. The van der Waals surface area contributed by atoms with Crippen LogP contribution >= 0.6 is 0 Å². The normalized spacial score (nSPS) is 17.1. The molecule has 0 aliphatic carbocycles. The Hall–Kier alpha value is -2.74. The van der Waals surface area contributed by atoms with E-state index in [0.29, 0.717) is 43.0 Å². The number of hydrogen-bond donors (Lipinski definition) is 1. The molecule has 3 rings (SSSR count). The number of nitrogens with one attached hydrogen (secondary N) is 1. The number of rotatable bonds is 5. The third-order valence-corrected chi connectivity index (χ3v) is 7.39. The van der Waals surface area contributed by atoms with Crippen molar-refractivity contribution in [1.29, 1.82) is 5.26 Å². The Kier molecular flexibility index (Phi) is 6.55. The number of nitriles is 1. The molecule has 160 valence electrons. The monoisotopic (exact) mass is 431 g/mol. The van der Waals surface area contributed by atoms with E-state index in [1.807, 2.05) is 11.0 Å². The van der Waals surface area contributed by atoms with Crippen LogP contribution in [0, 0.1) is 25.2 Å². The van der Waals surface area contributed by atoms with Crippen LogP contribution < -0.4 is 5.32 Å². The molecule has 0 saturated carbocycles. The van der Waals surface area contributed by atoms with E-state index in [0.717, 1.165) is 0 Å². The number of nitrogens with zero attached hydrogens (tertiary/aromatic N) is 4. The van der Waals surface area contributed by atoms with Gasteiger partial charge in [-0.2, -0.15) is 9.57 Å². The quantitative estimate of drug-likeness (QED) is 0.767. The Bertz CT molecular complexity index is 1050. The zero-order chi connectivity index (χ0) is 21.9. The maximum Gasteiger partial charge on any atom is 0.248 e. The van der Waals surface area contributed by atoms with Crippen LogP contribution in [0.3, 0.4) is 0 Å². The third kappa shape index (κ3) is 4.53. The van der Waals surface area contributed by atoms with Crippen LogP contribution in [-0.2, 0) is 14.8 Å². The molecule has 1 unspecified atom stereocenters. The zero-order valence-electron chi connectivity index (χ0n) is 17.3. The van der Waals surface area contributed by atoms with Gasteiger partial charge in [0.25, 0.3) is 0 Å². The van der Waals surface area contributed by atoms with Crippen molar-refractivity contribution >= 4 is 21.6 Å². The Morgan fingerprint density at radius 3 is 2.70 bits per heavy atom. The van der Waals surface area contributed by atoms with Crippen LogP contribution in [0.4, 0.5) is 5.69 Å². The molecule has 2 heterocycles. The fraction of sp³-hybridized carbons (Fsp3) is 0.450. The second-order valence-electron chi connectivity index (χ2n) is 7.30. The molecule has 0 bridgehead atoms. The molecule has 1 N–H and O–H groups in total. The van der Waals surface area contributed by atoms with Gasteiger partial charge in [0.2, 0.25) is 15.9 Å². The zero-order valence-corrected chi connectivity index (χ0v) is 18.1. The van der Waals surface area contributed by atoms with E-state index in [4.69, 9.17) is 9.78 Å². The first-order chi connectivity index (χ1) is 14.2. The fourth-order valence-electron chi connectivity index (χ4n) is 3.59. The van der Waals surface area contributed by atoms with Gasteiger partial charge in [-0.15, -0.1) is 0 Å². The summed E-state index contributed by atoms with van der Waals surface area (Å²) < 4.78 is 32.6. The van der Waals surface area contributed by atoms with Gasteiger partial charge < -0.3 is 9.84 Å². The molecule has 1 amide bonds. The van der Waals surface area contributed by atoms with Crippen molar-refractivity contribution in [3.05, 3.63) is 41.3 Å². The minimum absolute atomic E-state index is 0.124. The van der Waals surface area contributed by atoms with Crippen LogP contribution in [0.1, 0.15) is 30.4 Å². The molecule has 9 nitrogen and oxygen atoms in total. The van der Waals surface area contributed by atoms with Crippen LogP contribution in [0.25, 0.3) is 0 Å². The number of anilines is 1. The van der Waals surface area contributed by atoms with E-state index in [-0.39, 0.29) is 23.1 Å². The van der Waals surface area contributed by atoms with Gasteiger partial charge in [0.15, 0.2) is 5.76 Å². The second-order valence-corrected chi connectivity index (χ2v) is 9.18. The fourth-order valence-corrected chi connectivity index (χ4v) is 5.35. The molecular formula is C20H25N5O4S. The third-order valence-electron chi connectivity index (χ3n) is 5.24. The van der Waals surface area contributed by atoms with Crippen molar-refractivity contribution in [2.75, 3.05) is 31.5 Å². The van der Waals surface area contributed by atoms with Crippen molar-refractivity contribution < 1.29 is 17.7 Å². The molecule has 1 saturated heterocycles. The topological polar surface area (TPSA) is 120 Å². The van der Waals surface area contributed by atoms with Crippen LogP contribution in [0.5, 0.6) is 0 Å². The van der Waals surface area contributed by atoms with Crippen LogP contribution in [0.2, 0.25) is 0 Å². The van der Waals surface area contributed by atoms with E-state index in [1.165, 1.54) is 4.31 Å². The van der Waals surface area contributed by atoms with E-state index in [9.17, 15) is 13.2 Å². The lowest BCUT2D eigenvalue weighted by Gasteiger charge is -2.27. The summed E-state index contributed by atoms with van der Waals surface area (Å²) >= 11 is 0. The van der Waals surface area contributed by atoms with Crippen LogP contribution in [-0.4, -0.2) is 60.9 Å². The van der Waals surface area contributed by atoms with Gasteiger partial charge in [-0.05, 0) is 45.4 Å². The predicted octanol–water partition coefficient (Wildman–Crippen LogP) is 1.89. The Balaban J connectivity index is 1.67. The van der Waals surface area contributed by atoms with Gasteiger partial charge in [0.1, 0.15) is 10.6 Å². The first-order valence-electron chi connectivity index (χ1n) is 9.72. The van der Waals surface area contributed by atoms with Crippen molar-refractivity contribution in [1.82, 2.24) is 14.4 Å². The predicted molar refractivity (Wildman–Crippen MR) is 110 cm³/mol. The average molecular weight is 432 g/mol. The Morgan fingerprint density at radius 1 is 1.27 bits per heavy atom. The number of sulfonamides is 1. The molecule has 0 radical (unpaired) electrons. The molecule has 30 heavy (non-hydrogen) atoms. The van der Waals surface area contributed by atoms with Crippen molar-refractivity contribution in [3.8, 4) is 6.07 Å². The average Bonchev–Trinajstić information content (AvgIpc) is 2.92. The molecule has 1 aromatic carbocycles. The first-order valence-corrected chi connectivity index (χ1v) is 11.2. The highest BCUT2D eigenvalue weighted by molar-refractivity contribution is 7.89.